The predicted octanol–water partition coefficient (Wildman–Crippen LogP) is -0.303. The Hall–Kier alpha value is -0.970. The van der Waals surface area contributed by atoms with E-state index in [2.05, 4.69) is 11.3 Å². The zero-order chi connectivity index (χ0) is 17.4. The molecule has 10 heteroatoms. The lowest BCUT2D eigenvalue weighted by Gasteiger charge is -2.19. The maximum Gasteiger partial charge on any atom is 0.333 e. The highest BCUT2D eigenvalue weighted by atomic mass is 32.2. The van der Waals surface area contributed by atoms with Gasteiger partial charge in [-0.25, -0.2) is 30.7 Å². The topological polar surface area (TPSA) is 110 Å². The predicted molar refractivity (Wildman–Crippen MR) is 84.3 cm³/mol. The monoisotopic (exact) mass is 356 g/mol. The van der Waals surface area contributed by atoms with Crippen molar-refractivity contribution >= 4 is 26.0 Å². The molecule has 0 fully saturated rings. The number of sulfonamides is 2. The van der Waals surface area contributed by atoms with E-state index in [1.165, 1.54) is 4.31 Å². The van der Waals surface area contributed by atoms with Crippen molar-refractivity contribution in [2.24, 2.45) is 0 Å². The van der Waals surface area contributed by atoms with E-state index in [0.717, 1.165) is 12.5 Å². The van der Waals surface area contributed by atoms with Gasteiger partial charge in [-0.3, -0.25) is 0 Å². The van der Waals surface area contributed by atoms with Gasteiger partial charge in [0.25, 0.3) is 0 Å². The van der Waals surface area contributed by atoms with Crippen molar-refractivity contribution < 1.29 is 26.4 Å². The smallest absolute Gasteiger partial charge is 0.333 e. The average Bonchev–Trinajstić information content (AvgIpc) is 2.33. The second-order valence-corrected chi connectivity index (χ2v) is 8.77. The standard InChI is InChI=1S/C12H24N2O6S2/c1-11(2)12(15)20-10-6-5-8-14(22(4,18)19)9-7-13-21(3,16)17/h13H,1,5-10H2,2-4H3. The van der Waals surface area contributed by atoms with E-state index in [9.17, 15) is 21.6 Å². The van der Waals surface area contributed by atoms with Crippen molar-refractivity contribution in [2.75, 3.05) is 38.8 Å². The van der Waals surface area contributed by atoms with Crippen LogP contribution in [0.4, 0.5) is 0 Å². The van der Waals surface area contributed by atoms with Gasteiger partial charge < -0.3 is 4.74 Å². The summed E-state index contributed by atoms with van der Waals surface area (Å²) in [5, 5.41) is 0. The summed E-state index contributed by atoms with van der Waals surface area (Å²) in [6.45, 7) is 5.47. The summed E-state index contributed by atoms with van der Waals surface area (Å²) in [6, 6.07) is 0. The van der Waals surface area contributed by atoms with Crippen LogP contribution in [-0.4, -0.2) is 65.9 Å². The molecular formula is C12H24N2O6S2. The number of nitrogens with one attached hydrogen (secondary N) is 1. The van der Waals surface area contributed by atoms with Crippen LogP contribution in [0.15, 0.2) is 12.2 Å². The summed E-state index contributed by atoms with van der Waals surface area (Å²) in [5.74, 6) is -0.475. The summed E-state index contributed by atoms with van der Waals surface area (Å²) in [5.41, 5.74) is 0.310. The lowest BCUT2D eigenvalue weighted by Crippen LogP contribution is -2.38. The molecule has 0 aliphatic carbocycles. The van der Waals surface area contributed by atoms with Crippen molar-refractivity contribution in [3.63, 3.8) is 0 Å². The Labute approximate surface area is 132 Å². The molecule has 0 aliphatic rings. The molecule has 0 radical (unpaired) electrons. The lowest BCUT2D eigenvalue weighted by atomic mass is 10.3. The quantitative estimate of drug-likeness (QED) is 0.309. The van der Waals surface area contributed by atoms with Gasteiger partial charge in [-0.2, -0.15) is 0 Å². The average molecular weight is 356 g/mol. The largest absolute Gasteiger partial charge is 0.462 e. The van der Waals surface area contributed by atoms with Crippen molar-refractivity contribution in [1.29, 1.82) is 0 Å². The molecule has 0 saturated carbocycles. The Morgan fingerprint density at radius 2 is 1.73 bits per heavy atom. The van der Waals surface area contributed by atoms with Crippen LogP contribution in [0, 0.1) is 0 Å². The minimum Gasteiger partial charge on any atom is -0.462 e. The molecule has 0 bridgehead atoms. The first-order valence-electron chi connectivity index (χ1n) is 6.66. The van der Waals surface area contributed by atoms with Crippen molar-refractivity contribution in [3.05, 3.63) is 12.2 Å². The molecule has 22 heavy (non-hydrogen) atoms. The molecule has 0 atom stereocenters. The Bertz CT molecular complexity index is 583. The summed E-state index contributed by atoms with van der Waals surface area (Å²) in [7, 11) is -6.77. The molecule has 1 N–H and O–H groups in total. The summed E-state index contributed by atoms with van der Waals surface area (Å²) in [6.07, 6.45) is 3.07. The van der Waals surface area contributed by atoms with E-state index in [1.54, 1.807) is 6.92 Å². The summed E-state index contributed by atoms with van der Waals surface area (Å²) in [4.78, 5) is 11.1. The number of nitrogens with zero attached hydrogens (tertiary/aromatic N) is 1. The fraction of sp³-hybridized carbons (Fsp3) is 0.750. The summed E-state index contributed by atoms with van der Waals surface area (Å²) >= 11 is 0. The van der Waals surface area contributed by atoms with E-state index in [0.29, 0.717) is 18.4 Å². The molecule has 0 saturated heterocycles. The second-order valence-electron chi connectivity index (χ2n) is 4.95. The highest BCUT2D eigenvalue weighted by Gasteiger charge is 2.16. The molecule has 0 aromatic carbocycles. The van der Waals surface area contributed by atoms with Gasteiger partial charge in [0.15, 0.2) is 0 Å². The minimum absolute atomic E-state index is 0.0105. The number of ether oxygens (including phenoxy) is 1. The van der Waals surface area contributed by atoms with Crippen molar-refractivity contribution in [1.82, 2.24) is 9.03 Å². The number of carbonyl (C=O) groups excluding carboxylic acids is 1. The fourth-order valence-electron chi connectivity index (χ4n) is 1.48. The van der Waals surface area contributed by atoms with E-state index in [1.807, 2.05) is 0 Å². The number of carbonyl (C=O) groups is 1. The zero-order valence-electron chi connectivity index (χ0n) is 13.2. The van der Waals surface area contributed by atoms with Crippen molar-refractivity contribution in [3.8, 4) is 0 Å². The number of esters is 1. The number of rotatable bonds is 11. The van der Waals surface area contributed by atoms with Gasteiger partial charge in [0.2, 0.25) is 20.0 Å². The van der Waals surface area contributed by atoms with E-state index >= 15 is 0 Å². The van der Waals surface area contributed by atoms with E-state index < -0.39 is 26.0 Å². The van der Waals surface area contributed by atoms with Crippen LogP contribution in [0.25, 0.3) is 0 Å². The molecule has 0 rings (SSSR count). The maximum atomic E-state index is 11.6. The van der Waals surface area contributed by atoms with Crippen LogP contribution < -0.4 is 4.72 Å². The Morgan fingerprint density at radius 1 is 1.14 bits per heavy atom. The number of unbranched alkanes of at least 4 members (excludes halogenated alkanes) is 1. The van der Waals surface area contributed by atoms with Crippen LogP contribution in [0.1, 0.15) is 19.8 Å². The molecule has 0 amide bonds. The van der Waals surface area contributed by atoms with Crippen LogP contribution >= 0.6 is 0 Å². The minimum atomic E-state index is -3.42. The van der Waals surface area contributed by atoms with Crippen LogP contribution in [-0.2, 0) is 29.6 Å². The first-order chi connectivity index (χ1) is 9.93. The molecule has 8 nitrogen and oxygen atoms in total. The zero-order valence-corrected chi connectivity index (χ0v) is 14.8. The van der Waals surface area contributed by atoms with Gasteiger partial charge in [0.1, 0.15) is 0 Å². The Morgan fingerprint density at radius 3 is 2.18 bits per heavy atom. The van der Waals surface area contributed by atoms with Gasteiger partial charge in [0.05, 0.1) is 19.1 Å². The van der Waals surface area contributed by atoms with Crippen molar-refractivity contribution in [2.45, 2.75) is 19.8 Å². The van der Waals surface area contributed by atoms with Gasteiger partial charge in [0, 0.05) is 25.2 Å². The van der Waals surface area contributed by atoms with Gasteiger partial charge in [-0.15, -0.1) is 0 Å². The second kappa shape index (κ2) is 9.23. The third kappa shape index (κ3) is 10.7. The number of hydrogen-bond donors (Lipinski definition) is 1. The molecule has 0 spiro atoms. The van der Waals surface area contributed by atoms with Gasteiger partial charge >= 0.3 is 5.97 Å². The molecule has 0 heterocycles. The van der Waals surface area contributed by atoms with E-state index in [-0.39, 0.29) is 26.2 Å². The van der Waals surface area contributed by atoms with Crippen LogP contribution in [0.3, 0.4) is 0 Å². The normalized spacial score (nSPS) is 12.4. The fourth-order valence-corrected chi connectivity index (χ4v) is 2.82. The molecule has 0 aromatic heterocycles. The number of hydrogen-bond acceptors (Lipinski definition) is 6. The maximum absolute atomic E-state index is 11.6. The Kier molecular flexibility index (Phi) is 8.83. The molecule has 130 valence electrons. The van der Waals surface area contributed by atoms with Gasteiger partial charge in [-0.05, 0) is 19.8 Å². The first-order valence-corrected chi connectivity index (χ1v) is 10.4. The molecule has 0 aliphatic heterocycles. The molecule has 0 aromatic rings. The lowest BCUT2D eigenvalue weighted by molar-refractivity contribution is -0.139. The third-order valence-corrected chi connectivity index (χ3v) is 4.61. The first kappa shape index (κ1) is 21.0. The molecule has 0 unspecified atom stereocenters. The highest BCUT2D eigenvalue weighted by Crippen LogP contribution is 2.02. The van der Waals surface area contributed by atoms with Gasteiger partial charge in [-0.1, -0.05) is 6.58 Å². The van der Waals surface area contributed by atoms with Crippen LogP contribution in [0.2, 0.25) is 0 Å². The van der Waals surface area contributed by atoms with Crippen LogP contribution in [0.5, 0.6) is 0 Å². The SMILES string of the molecule is C=C(C)C(=O)OCCCCN(CCNS(C)(=O)=O)S(C)(=O)=O. The summed E-state index contributed by atoms with van der Waals surface area (Å²) < 4.78 is 53.4. The highest BCUT2D eigenvalue weighted by molar-refractivity contribution is 7.88. The third-order valence-electron chi connectivity index (χ3n) is 2.58. The Balaban J connectivity index is 4.17. The van der Waals surface area contributed by atoms with E-state index in [4.69, 9.17) is 4.74 Å². The molecular weight excluding hydrogens is 332 g/mol.